The van der Waals surface area contributed by atoms with Crippen molar-refractivity contribution in [3.8, 4) is 5.75 Å². The highest BCUT2D eigenvalue weighted by molar-refractivity contribution is 6.31. The molecule has 1 aromatic carbocycles. The van der Waals surface area contributed by atoms with Crippen molar-refractivity contribution in [2.75, 3.05) is 33.3 Å². The number of methoxy groups -OCH3 is 1. The van der Waals surface area contributed by atoms with Gasteiger partial charge in [-0.1, -0.05) is 11.6 Å². The van der Waals surface area contributed by atoms with Gasteiger partial charge in [0.05, 0.1) is 19.2 Å². The topological polar surface area (TPSA) is 97.0 Å². The molecule has 8 nitrogen and oxygen atoms in total. The lowest BCUT2D eigenvalue weighted by Crippen LogP contribution is -2.44. The lowest BCUT2D eigenvalue weighted by molar-refractivity contribution is -0.120. The molecular weight excluding hydrogens is 410 g/mol. The lowest BCUT2D eigenvalue weighted by atomic mass is 9.96. The van der Waals surface area contributed by atoms with Gasteiger partial charge in [0.25, 0.3) is 5.91 Å². The van der Waals surface area contributed by atoms with Crippen LogP contribution in [0.3, 0.4) is 0 Å². The van der Waals surface area contributed by atoms with Gasteiger partial charge in [-0.2, -0.15) is 0 Å². The van der Waals surface area contributed by atoms with Gasteiger partial charge in [-0.05, 0) is 57.7 Å². The molecule has 0 atom stereocenters. The molecule has 0 saturated carbocycles. The van der Waals surface area contributed by atoms with E-state index in [1.807, 2.05) is 0 Å². The van der Waals surface area contributed by atoms with Crippen LogP contribution in [-0.2, 0) is 9.53 Å². The number of hydrogen-bond donors (Lipinski definition) is 2. The number of benzene rings is 1. The zero-order valence-electron chi connectivity index (χ0n) is 17.9. The number of alkyl carbamates (subject to hydrolysis) is 1. The van der Waals surface area contributed by atoms with Gasteiger partial charge in [0.1, 0.15) is 11.4 Å². The van der Waals surface area contributed by atoms with Gasteiger partial charge in [0, 0.05) is 24.7 Å². The number of nitrogens with one attached hydrogen (secondary N) is 2. The second kappa shape index (κ2) is 10.5. The smallest absolute Gasteiger partial charge is 0.408 e. The predicted octanol–water partition coefficient (Wildman–Crippen LogP) is 2.84. The summed E-state index contributed by atoms with van der Waals surface area (Å²) in [5, 5.41) is 5.74. The minimum atomic E-state index is -0.624. The summed E-state index contributed by atoms with van der Waals surface area (Å²) in [5.41, 5.74) is -0.161. The fourth-order valence-electron chi connectivity index (χ4n) is 3.15. The summed E-state index contributed by atoms with van der Waals surface area (Å²) in [5.74, 6) is 0.374. The van der Waals surface area contributed by atoms with E-state index in [9.17, 15) is 14.4 Å². The maximum atomic E-state index is 12.8. The summed E-state index contributed by atoms with van der Waals surface area (Å²) in [4.78, 5) is 38.1. The van der Waals surface area contributed by atoms with Crippen molar-refractivity contribution in [1.29, 1.82) is 0 Å². The van der Waals surface area contributed by atoms with E-state index >= 15 is 0 Å². The largest absolute Gasteiger partial charge is 0.496 e. The zero-order chi connectivity index (χ0) is 22.3. The summed E-state index contributed by atoms with van der Waals surface area (Å²) < 4.78 is 10.4. The highest BCUT2D eigenvalue weighted by Crippen LogP contribution is 2.26. The molecule has 0 aromatic heterocycles. The monoisotopic (exact) mass is 439 g/mol. The third-order valence-electron chi connectivity index (χ3n) is 4.67. The Hall–Kier alpha value is -2.48. The molecule has 0 aliphatic carbocycles. The van der Waals surface area contributed by atoms with Crippen LogP contribution in [0.25, 0.3) is 0 Å². The van der Waals surface area contributed by atoms with Gasteiger partial charge in [-0.25, -0.2) is 4.79 Å². The molecule has 1 heterocycles. The summed E-state index contributed by atoms with van der Waals surface area (Å²) in [6.07, 6.45) is 0.920. The van der Waals surface area contributed by atoms with Crippen LogP contribution in [-0.4, -0.2) is 61.7 Å². The van der Waals surface area contributed by atoms with Gasteiger partial charge in [-0.15, -0.1) is 0 Å². The van der Waals surface area contributed by atoms with Crippen LogP contribution in [0.1, 0.15) is 44.0 Å². The van der Waals surface area contributed by atoms with Crippen molar-refractivity contribution >= 4 is 29.5 Å². The highest BCUT2D eigenvalue weighted by Gasteiger charge is 2.26. The van der Waals surface area contributed by atoms with Crippen LogP contribution >= 0.6 is 11.6 Å². The van der Waals surface area contributed by atoms with E-state index in [4.69, 9.17) is 21.1 Å². The number of rotatable bonds is 6. The Labute approximate surface area is 182 Å². The molecule has 0 bridgehead atoms. The molecule has 0 unspecified atom stereocenters. The number of likely N-dealkylation sites (tertiary alicyclic amines) is 1. The first kappa shape index (κ1) is 23.8. The van der Waals surface area contributed by atoms with E-state index in [1.165, 1.54) is 7.11 Å². The fourth-order valence-corrected chi connectivity index (χ4v) is 3.32. The number of halogens is 1. The SMILES string of the molecule is COc1ccc(Cl)cc1C(=O)N1CCC(CNC(=O)CNC(=O)OC(C)(C)C)CC1. The average molecular weight is 440 g/mol. The Morgan fingerprint density at radius 1 is 1.17 bits per heavy atom. The van der Waals surface area contributed by atoms with Crippen molar-refractivity contribution in [1.82, 2.24) is 15.5 Å². The molecule has 30 heavy (non-hydrogen) atoms. The third kappa shape index (κ3) is 7.40. The van der Waals surface area contributed by atoms with Crippen molar-refractivity contribution in [3.63, 3.8) is 0 Å². The van der Waals surface area contributed by atoms with Gasteiger partial charge < -0.3 is 25.0 Å². The number of piperidine rings is 1. The van der Waals surface area contributed by atoms with Crippen LogP contribution < -0.4 is 15.4 Å². The van der Waals surface area contributed by atoms with E-state index in [0.29, 0.717) is 36.0 Å². The maximum absolute atomic E-state index is 12.8. The molecular formula is C21H30ClN3O5. The Kier molecular flexibility index (Phi) is 8.34. The Bertz CT molecular complexity index is 770. The summed E-state index contributed by atoms with van der Waals surface area (Å²) in [6, 6.07) is 4.99. The van der Waals surface area contributed by atoms with Crippen LogP contribution in [0.15, 0.2) is 18.2 Å². The molecule has 1 aromatic rings. The first-order valence-electron chi connectivity index (χ1n) is 9.95. The third-order valence-corrected chi connectivity index (χ3v) is 4.91. The number of carbonyl (C=O) groups is 3. The first-order valence-corrected chi connectivity index (χ1v) is 10.3. The van der Waals surface area contributed by atoms with Crippen LogP contribution in [0.4, 0.5) is 4.79 Å². The first-order chi connectivity index (χ1) is 14.1. The Morgan fingerprint density at radius 3 is 2.43 bits per heavy atom. The van der Waals surface area contributed by atoms with Crippen molar-refractivity contribution in [2.45, 2.75) is 39.2 Å². The highest BCUT2D eigenvalue weighted by atomic mass is 35.5. The van der Waals surface area contributed by atoms with E-state index < -0.39 is 11.7 Å². The van der Waals surface area contributed by atoms with E-state index in [0.717, 1.165) is 12.8 Å². The van der Waals surface area contributed by atoms with Gasteiger partial charge in [0.2, 0.25) is 5.91 Å². The van der Waals surface area contributed by atoms with Crippen molar-refractivity contribution in [3.05, 3.63) is 28.8 Å². The molecule has 2 rings (SSSR count). The van der Waals surface area contributed by atoms with Crippen LogP contribution in [0, 0.1) is 5.92 Å². The minimum absolute atomic E-state index is 0.113. The number of carbonyl (C=O) groups excluding carboxylic acids is 3. The Balaban J connectivity index is 1.74. The zero-order valence-corrected chi connectivity index (χ0v) is 18.7. The molecule has 3 amide bonds. The summed E-state index contributed by atoms with van der Waals surface area (Å²) in [6.45, 7) is 6.80. The summed E-state index contributed by atoms with van der Waals surface area (Å²) in [7, 11) is 1.52. The lowest BCUT2D eigenvalue weighted by Gasteiger charge is -2.32. The normalized spacial score (nSPS) is 14.8. The second-order valence-corrected chi connectivity index (χ2v) is 8.68. The molecule has 1 fully saturated rings. The van der Waals surface area contributed by atoms with Crippen molar-refractivity contribution < 1.29 is 23.9 Å². The van der Waals surface area contributed by atoms with E-state index in [1.54, 1.807) is 43.9 Å². The van der Waals surface area contributed by atoms with Crippen LogP contribution in [0.5, 0.6) is 5.75 Å². The quantitative estimate of drug-likeness (QED) is 0.710. The molecule has 0 radical (unpaired) electrons. The van der Waals surface area contributed by atoms with Gasteiger partial charge in [-0.3, -0.25) is 9.59 Å². The van der Waals surface area contributed by atoms with E-state index in [2.05, 4.69) is 10.6 Å². The predicted molar refractivity (Wildman–Crippen MR) is 114 cm³/mol. The molecule has 1 aliphatic heterocycles. The van der Waals surface area contributed by atoms with Crippen molar-refractivity contribution in [2.24, 2.45) is 5.92 Å². The Morgan fingerprint density at radius 2 is 1.83 bits per heavy atom. The number of ether oxygens (including phenoxy) is 2. The molecule has 9 heteroatoms. The van der Waals surface area contributed by atoms with E-state index in [-0.39, 0.29) is 24.3 Å². The second-order valence-electron chi connectivity index (χ2n) is 8.24. The fraction of sp³-hybridized carbons (Fsp3) is 0.571. The minimum Gasteiger partial charge on any atom is -0.496 e. The van der Waals surface area contributed by atoms with Crippen LogP contribution in [0.2, 0.25) is 5.02 Å². The van der Waals surface area contributed by atoms with Gasteiger partial charge in [0.15, 0.2) is 0 Å². The molecule has 2 N–H and O–H groups in total. The molecule has 1 aliphatic rings. The molecule has 1 saturated heterocycles. The molecule has 166 valence electrons. The maximum Gasteiger partial charge on any atom is 0.408 e. The number of amides is 3. The summed E-state index contributed by atoms with van der Waals surface area (Å²) >= 11 is 6.03. The van der Waals surface area contributed by atoms with Gasteiger partial charge >= 0.3 is 6.09 Å². The number of hydrogen-bond acceptors (Lipinski definition) is 5. The average Bonchev–Trinajstić information content (AvgIpc) is 2.69. The number of nitrogens with zero attached hydrogens (tertiary/aromatic N) is 1. The molecule has 0 spiro atoms. The standard InChI is InChI=1S/C21H30ClN3O5/c1-21(2,3)30-20(28)24-13-18(26)23-12-14-7-9-25(10-8-14)19(27)16-11-15(22)5-6-17(16)29-4/h5-6,11,14H,7-10,12-13H2,1-4H3,(H,23,26)(H,24,28).